The predicted octanol–water partition coefficient (Wildman–Crippen LogP) is -0.366. The van der Waals surface area contributed by atoms with Crippen molar-refractivity contribution in [3.63, 3.8) is 0 Å². The molecule has 0 aromatic heterocycles. The Morgan fingerprint density at radius 2 is 0.452 bits per heavy atom. The summed E-state index contributed by atoms with van der Waals surface area (Å²) < 4.78 is 217. The molecule has 0 fully saturated rings. The molecule has 188 valence electrons. The van der Waals surface area contributed by atoms with E-state index in [2.05, 4.69) is 0 Å². The molecule has 0 aliphatic heterocycles. The topological polar surface area (TPSA) is 161 Å². The number of halogens is 12. The maximum atomic E-state index is 11.5. The summed E-state index contributed by atoms with van der Waals surface area (Å²) >= 11 is 0. The summed E-state index contributed by atoms with van der Waals surface area (Å²) in [5, 5.41) is 0. The Labute approximate surface area is 193 Å². The van der Waals surface area contributed by atoms with Crippen molar-refractivity contribution >= 4 is 77.8 Å². The summed E-state index contributed by atoms with van der Waals surface area (Å²) in [5.41, 5.74) is -24.6. The standard InChI is InChI=1S/2C2HF6NO4S2.Ca.2H/c2*3-1(4,5)14(10,11)9-15(12,13)2(6,7)8;;;/h2*9H;;;. The van der Waals surface area contributed by atoms with Crippen LogP contribution in [-0.2, 0) is 40.1 Å². The first kappa shape index (κ1) is 35.7. The fraction of sp³-hybridized carbons (Fsp3) is 1.00. The van der Waals surface area contributed by atoms with Crippen LogP contribution in [0.4, 0.5) is 52.7 Å². The number of nitrogens with one attached hydrogen (secondary N) is 2. The summed E-state index contributed by atoms with van der Waals surface area (Å²) in [6.45, 7) is 0. The molecule has 10 nitrogen and oxygen atoms in total. The van der Waals surface area contributed by atoms with E-state index in [1.807, 2.05) is 0 Å². The van der Waals surface area contributed by atoms with Gasteiger partial charge in [0.2, 0.25) is 0 Å². The Kier molecular flexibility index (Phi) is 11.7. The van der Waals surface area contributed by atoms with Crippen molar-refractivity contribution in [3.8, 4) is 0 Å². The molecule has 27 heteroatoms. The average molecular weight is 604 g/mol. The zero-order chi connectivity index (χ0) is 25.4. The minimum atomic E-state index is -6.60. The molecule has 0 radical (unpaired) electrons. The fourth-order valence-corrected chi connectivity index (χ4v) is 4.30. The average Bonchev–Trinajstić information content (AvgIpc) is 2.30. The van der Waals surface area contributed by atoms with Crippen molar-refractivity contribution in [2.24, 2.45) is 0 Å². The molecule has 0 aromatic carbocycles. The van der Waals surface area contributed by atoms with E-state index in [-0.39, 0.29) is 37.7 Å². The van der Waals surface area contributed by atoms with Crippen molar-refractivity contribution in [1.82, 2.24) is 8.25 Å². The van der Waals surface area contributed by atoms with Crippen molar-refractivity contribution < 1.29 is 86.4 Å². The first-order valence-corrected chi connectivity index (χ1v) is 11.2. The predicted molar refractivity (Wildman–Crippen MR) is 74.7 cm³/mol. The molecule has 0 saturated carbocycles. The third kappa shape index (κ3) is 10.3. The Hall–Kier alpha value is 0.140. The first-order chi connectivity index (χ1) is 12.4. The van der Waals surface area contributed by atoms with Crippen LogP contribution in [0.1, 0.15) is 0 Å². The molecule has 0 saturated heterocycles. The minimum absolute atomic E-state index is 0. The van der Waals surface area contributed by atoms with Crippen LogP contribution in [0.2, 0.25) is 0 Å². The summed E-state index contributed by atoms with van der Waals surface area (Å²) in [4.78, 5) is 0. The second kappa shape index (κ2) is 10.2. The molecule has 0 aromatic rings. The summed E-state index contributed by atoms with van der Waals surface area (Å²) in [5.74, 6) is 0. The Morgan fingerprint density at radius 3 is 0.516 bits per heavy atom. The van der Waals surface area contributed by atoms with E-state index in [1.54, 1.807) is 0 Å². The summed E-state index contributed by atoms with van der Waals surface area (Å²) in [6.07, 6.45) is 0. The van der Waals surface area contributed by atoms with Crippen molar-refractivity contribution in [1.29, 1.82) is 0 Å². The van der Waals surface area contributed by atoms with Crippen molar-refractivity contribution in [2.45, 2.75) is 22.0 Å². The van der Waals surface area contributed by atoms with Gasteiger partial charge in [-0.2, -0.15) is 52.7 Å². The van der Waals surface area contributed by atoms with Gasteiger partial charge in [-0.3, -0.25) is 0 Å². The number of alkyl halides is 12. The monoisotopic (exact) mass is 604 g/mol. The molecule has 0 amide bonds. The van der Waals surface area contributed by atoms with E-state index in [1.165, 1.54) is 0 Å². The van der Waals surface area contributed by atoms with Crippen molar-refractivity contribution in [3.05, 3.63) is 0 Å². The van der Waals surface area contributed by atoms with Gasteiger partial charge in [0.1, 0.15) is 0 Å². The fourth-order valence-electron chi connectivity index (χ4n) is 0.478. The van der Waals surface area contributed by atoms with E-state index in [0.717, 1.165) is 0 Å². The van der Waals surface area contributed by atoms with E-state index < -0.39 is 70.4 Å². The van der Waals surface area contributed by atoms with Gasteiger partial charge in [0.15, 0.2) is 0 Å². The zero-order valence-corrected chi connectivity index (χ0v) is 15.7. The molecule has 0 aliphatic carbocycles. The van der Waals surface area contributed by atoms with Crippen molar-refractivity contribution in [2.75, 3.05) is 0 Å². The van der Waals surface area contributed by atoms with Gasteiger partial charge in [0.25, 0.3) is 0 Å². The number of sulfonamides is 4. The maximum absolute atomic E-state index is 11.5. The Bertz CT molecular complexity index is 862. The Balaban J connectivity index is -0.000000490. The van der Waals surface area contributed by atoms with E-state index >= 15 is 0 Å². The number of hydrogen-bond donors (Lipinski definition) is 2. The van der Waals surface area contributed by atoms with Gasteiger partial charge in [-0.25, -0.2) is 33.7 Å². The molecule has 0 heterocycles. The molecule has 0 rings (SSSR count). The first-order valence-electron chi connectivity index (χ1n) is 5.23. The van der Waals surface area contributed by atoms with Gasteiger partial charge in [-0.05, 0) is 0 Å². The van der Waals surface area contributed by atoms with E-state index in [9.17, 15) is 86.4 Å². The van der Waals surface area contributed by atoms with Crippen LogP contribution in [0.5, 0.6) is 0 Å². The number of rotatable bonds is 4. The summed E-state index contributed by atoms with van der Waals surface area (Å²) in [6, 6.07) is 0. The van der Waals surface area contributed by atoms with Gasteiger partial charge >= 0.3 is 99.9 Å². The van der Waals surface area contributed by atoms with Crippen LogP contribution in [0.25, 0.3) is 0 Å². The number of hydrogen-bond acceptors (Lipinski definition) is 8. The third-order valence-corrected chi connectivity index (χ3v) is 7.61. The van der Waals surface area contributed by atoms with Crippen LogP contribution in [0.15, 0.2) is 0 Å². The SMILES string of the molecule is O=S(=O)(NS(=O)(=O)C(F)(F)F)C(F)(F)F.O=S(=O)(NS(=O)(=O)C(F)(F)F)C(F)(F)F.[CaH2]. The van der Waals surface area contributed by atoms with Crippen LogP contribution < -0.4 is 8.25 Å². The van der Waals surface area contributed by atoms with E-state index in [4.69, 9.17) is 0 Å². The second-order valence-electron chi connectivity index (χ2n) is 3.96. The summed E-state index contributed by atoms with van der Waals surface area (Å²) in [7, 11) is -26.4. The molecule has 0 aliphatic rings. The molecule has 0 unspecified atom stereocenters. The zero-order valence-electron chi connectivity index (χ0n) is 12.4. The molecule has 0 atom stereocenters. The van der Waals surface area contributed by atoms with E-state index in [0.29, 0.717) is 0 Å². The van der Waals surface area contributed by atoms with Crippen LogP contribution in [0.3, 0.4) is 0 Å². The van der Waals surface area contributed by atoms with Crippen LogP contribution >= 0.6 is 0 Å². The third-order valence-electron chi connectivity index (χ3n) is 1.66. The molecule has 0 bridgehead atoms. The van der Waals surface area contributed by atoms with Gasteiger partial charge in [-0.15, -0.1) is 0 Å². The van der Waals surface area contributed by atoms with Crippen LogP contribution in [-0.4, -0.2) is 93.4 Å². The molecule has 31 heavy (non-hydrogen) atoms. The van der Waals surface area contributed by atoms with Crippen LogP contribution in [0, 0.1) is 0 Å². The van der Waals surface area contributed by atoms with Gasteiger partial charge in [0, 0.05) is 0 Å². The van der Waals surface area contributed by atoms with Gasteiger partial charge < -0.3 is 0 Å². The molecule has 0 spiro atoms. The van der Waals surface area contributed by atoms with Gasteiger partial charge in [-0.1, -0.05) is 8.25 Å². The van der Waals surface area contributed by atoms with Gasteiger partial charge in [0.05, 0.1) is 0 Å². The second-order valence-corrected chi connectivity index (χ2v) is 11.2. The normalized spacial score (nSPS) is 14.8. The molecular formula is C4H4CaF12N2O8S4. The quantitative estimate of drug-likeness (QED) is 0.325. The molecule has 2 N–H and O–H groups in total. The Morgan fingerprint density at radius 1 is 0.355 bits per heavy atom. The molecular weight excluding hydrogens is 600 g/mol.